The predicted molar refractivity (Wildman–Crippen MR) is 83.0 cm³/mol. The fraction of sp³-hybridized carbons (Fsp3) is 0.471. The van der Waals surface area contributed by atoms with Crippen LogP contribution in [0.5, 0.6) is 0 Å². The van der Waals surface area contributed by atoms with Crippen LogP contribution in [0.25, 0.3) is 0 Å². The molecule has 2 N–H and O–H groups in total. The molecule has 4 nitrogen and oxygen atoms in total. The van der Waals surface area contributed by atoms with Gasteiger partial charge in [-0.05, 0) is 32.3 Å². The molecule has 0 aliphatic carbocycles. The third-order valence-electron chi connectivity index (χ3n) is 4.24. The maximum Gasteiger partial charge on any atom is 0.0951 e. The van der Waals surface area contributed by atoms with E-state index in [-0.39, 0.29) is 11.6 Å². The molecule has 2 aromatic rings. The maximum atomic E-state index is 6.44. The number of imidazole rings is 1. The molecule has 2 atom stereocenters. The summed E-state index contributed by atoms with van der Waals surface area (Å²) in [6.45, 7) is 5.08. The lowest BCUT2D eigenvalue weighted by atomic mass is 9.93. The standard InChI is InChI=1S/C17H23N3O/c1-17(2)10-14(8-9-21-17)20-12-19-11-15(20)16(18)13-6-4-3-5-7-13/h3-7,11-12,14,16H,8-10,18H2,1-2H3. The summed E-state index contributed by atoms with van der Waals surface area (Å²) in [6.07, 6.45) is 5.79. The lowest BCUT2D eigenvalue weighted by Gasteiger charge is -2.37. The van der Waals surface area contributed by atoms with Crippen molar-refractivity contribution in [2.24, 2.45) is 5.73 Å². The first-order valence-electron chi connectivity index (χ1n) is 7.53. The van der Waals surface area contributed by atoms with Gasteiger partial charge in [-0.2, -0.15) is 0 Å². The Morgan fingerprint density at radius 2 is 2.10 bits per heavy atom. The molecule has 3 rings (SSSR count). The van der Waals surface area contributed by atoms with Gasteiger partial charge in [0.25, 0.3) is 0 Å². The minimum absolute atomic E-state index is 0.0820. The Kier molecular flexibility index (Phi) is 3.83. The van der Waals surface area contributed by atoms with E-state index in [2.05, 4.69) is 35.5 Å². The molecule has 21 heavy (non-hydrogen) atoms. The molecular formula is C17H23N3O. The number of rotatable bonds is 3. The molecule has 0 bridgehead atoms. The van der Waals surface area contributed by atoms with E-state index >= 15 is 0 Å². The molecule has 2 unspecified atom stereocenters. The first-order valence-corrected chi connectivity index (χ1v) is 7.53. The number of nitrogens with zero attached hydrogens (tertiary/aromatic N) is 2. The van der Waals surface area contributed by atoms with Crippen molar-refractivity contribution in [2.45, 2.75) is 44.4 Å². The van der Waals surface area contributed by atoms with Crippen molar-refractivity contribution in [3.63, 3.8) is 0 Å². The Balaban J connectivity index is 1.87. The second kappa shape index (κ2) is 5.62. The Morgan fingerprint density at radius 1 is 1.33 bits per heavy atom. The minimum atomic E-state index is -0.139. The molecule has 1 aliphatic rings. The van der Waals surface area contributed by atoms with Crippen LogP contribution in [-0.2, 0) is 4.74 Å². The lowest BCUT2D eigenvalue weighted by Crippen LogP contribution is -2.35. The van der Waals surface area contributed by atoms with Crippen LogP contribution in [-0.4, -0.2) is 21.8 Å². The van der Waals surface area contributed by atoms with E-state index in [9.17, 15) is 0 Å². The fourth-order valence-electron chi connectivity index (χ4n) is 3.13. The van der Waals surface area contributed by atoms with Gasteiger partial charge in [0.05, 0.1) is 29.9 Å². The second-order valence-corrected chi connectivity index (χ2v) is 6.37. The summed E-state index contributed by atoms with van der Waals surface area (Å²) in [5.74, 6) is 0. The average molecular weight is 285 g/mol. The van der Waals surface area contributed by atoms with E-state index in [1.807, 2.05) is 30.7 Å². The third kappa shape index (κ3) is 3.01. The number of ether oxygens (including phenoxy) is 1. The largest absolute Gasteiger partial charge is 0.375 e. The molecule has 1 aliphatic heterocycles. The van der Waals surface area contributed by atoms with Gasteiger partial charge >= 0.3 is 0 Å². The second-order valence-electron chi connectivity index (χ2n) is 6.37. The zero-order valence-electron chi connectivity index (χ0n) is 12.7. The number of hydrogen-bond donors (Lipinski definition) is 1. The van der Waals surface area contributed by atoms with Crippen LogP contribution in [0.1, 0.15) is 50.0 Å². The smallest absolute Gasteiger partial charge is 0.0951 e. The molecule has 0 spiro atoms. The molecule has 4 heteroatoms. The Labute approximate surface area is 125 Å². The van der Waals surface area contributed by atoms with Crippen LogP contribution in [0, 0.1) is 0 Å². The predicted octanol–water partition coefficient (Wildman–Crippen LogP) is 3.06. The highest BCUT2D eigenvalue weighted by molar-refractivity contribution is 5.26. The molecule has 112 valence electrons. The van der Waals surface area contributed by atoms with Gasteiger partial charge in [0.2, 0.25) is 0 Å². The highest BCUT2D eigenvalue weighted by atomic mass is 16.5. The summed E-state index contributed by atoms with van der Waals surface area (Å²) in [5, 5.41) is 0. The van der Waals surface area contributed by atoms with Gasteiger partial charge in [-0.1, -0.05) is 30.3 Å². The summed E-state index contributed by atoms with van der Waals surface area (Å²) in [4.78, 5) is 4.33. The van der Waals surface area contributed by atoms with Crippen LogP contribution >= 0.6 is 0 Å². The normalized spacial score (nSPS) is 22.9. The van der Waals surface area contributed by atoms with Crippen molar-refractivity contribution in [3.8, 4) is 0 Å². The molecular weight excluding hydrogens is 262 g/mol. The third-order valence-corrected chi connectivity index (χ3v) is 4.24. The van der Waals surface area contributed by atoms with E-state index in [1.54, 1.807) is 0 Å². The van der Waals surface area contributed by atoms with Crippen molar-refractivity contribution in [3.05, 3.63) is 54.1 Å². The average Bonchev–Trinajstić information content (AvgIpc) is 2.96. The Bertz CT molecular complexity index is 591. The van der Waals surface area contributed by atoms with Crippen molar-refractivity contribution in [1.29, 1.82) is 0 Å². The monoisotopic (exact) mass is 285 g/mol. The Hall–Kier alpha value is -1.65. The summed E-state index contributed by atoms with van der Waals surface area (Å²) < 4.78 is 8.05. The number of nitrogens with two attached hydrogens (primary N) is 1. The molecule has 1 aromatic carbocycles. The zero-order valence-corrected chi connectivity index (χ0v) is 12.7. The highest BCUT2D eigenvalue weighted by Gasteiger charge is 2.31. The van der Waals surface area contributed by atoms with Crippen LogP contribution < -0.4 is 5.73 Å². The summed E-state index contributed by atoms with van der Waals surface area (Å²) in [5.41, 5.74) is 8.55. The van der Waals surface area contributed by atoms with E-state index in [0.717, 1.165) is 30.7 Å². The fourth-order valence-corrected chi connectivity index (χ4v) is 3.13. The van der Waals surface area contributed by atoms with Gasteiger partial charge in [0.1, 0.15) is 0 Å². The zero-order chi connectivity index (χ0) is 14.9. The molecule has 1 aromatic heterocycles. The van der Waals surface area contributed by atoms with E-state index in [4.69, 9.17) is 10.5 Å². The van der Waals surface area contributed by atoms with Gasteiger partial charge in [0, 0.05) is 12.6 Å². The quantitative estimate of drug-likeness (QED) is 0.943. The van der Waals surface area contributed by atoms with Gasteiger partial charge in [-0.25, -0.2) is 4.98 Å². The first-order chi connectivity index (χ1) is 10.1. The molecule has 0 saturated carbocycles. The highest BCUT2D eigenvalue weighted by Crippen LogP contribution is 2.34. The molecule has 0 radical (unpaired) electrons. The summed E-state index contributed by atoms with van der Waals surface area (Å²) in [6, 6.07) is 10.4. The number of aromatic nitrogens is 2. The van der Waals surface area contributed by atoms with Crippen LogP contribution in [0.4, 0.5) is 0 Å². The SMILES string of the molecule is CC1(C)CC(n2cncc2C(N)c2ccccc2)CCO1. The van der Waals surface area contributed by atoms with Gasteiger partial charge in [0.15, 0.2) is 0 Å². The van der Waals surface area contributed by atoms with Gasteiger partial charge in [-0.3, -0.25) is 0 Å². The van der Waals surface area contributed by atoms with E-state index in [0.29, 0.717) is 6.04 Å². The van der Waals surface area contributed by atoms with E-state index in [1.165, 1.54) is 0 Å². The van der Waals surface area contributed by atoms with E-state index < -0.39 is 0 Å². The van der Waals surface area contributed by atoms with Crippen molar-refractivity contribution in [2.75, 3.05) is 6.61 Å². The van der Waals surface area contributed by atoms with Crippen LogP contribution in [0.3, 0.4) is 0 Å². The summed E-state index contributed by atoms with van der Waals surface area (Å²) >= 11 is 0. The van der Waals surface area contributed by atoms with Crippen LogP contribution in [0.15, 0.2) is 42.9 Å². The topological polar surface area (TPSA) is 53.1 Å². The Morgan fingerprint density at radius 3 is 2.81 bits per heavy atom. The number of hydrogen-bond acceptors (Lipinski definition) is 3. The molecule has 1 saturated heterocycles. The van der Waals surface area contributed by atoms with Crippen LogP contribution in [0.2, 0.25) is 0 Å². The van der Waals surface area contributed by atoms with Gasteiger partial charge in [-0.15, -0.1) is 0 Å². The number of benzene rings is 1. The van der Waals surface area contributed by atoms with Crippen molar-refractivity contribution >= 4 is 0 Å². The van der Waals surface area contributed by atoms with Crippen molar-refractivity contribution < 1.29 is 4.74 Å². The molecule has 2 heterocycles. The van der Waals surface area contributed by atoms with Crippen molar-refractivity contribution in [1.82, 2.24) is 9.55 Å². The maximum absolute atomic E-state index is 6.44. The summed E-state index contributed by atoms with van der Waals surface area (Å²) in [7, 11) is 0. The molecule has 0 amide bonds. The lowest BCUT2D eigenvalue weighted by molar-refractivity contribution is -0.0694. The first kappa shape index (κ1) is 14.3. The minimum Gasteiger partial charge on any atom is -0.375 e. The van der Waals surface area contributed by atoms with Gasteiger partial charge < -0.3 is 15.0 Å². The molecule has 1 fully saturated rings.